The molecule has 0 saturated carbocycles. The van der Waals surface area contributed by atoms with E-state index in [-0.39, 0.29) is 0 Å². The molecule has 4 heteroatoms. The van der Waals surface area contributed by atoms with Gasteiger partial charge in [0.05, 0.1) is 0 Å². The first kappa shape index (κ1) is 12.5. The molecule has 0 spiro atoms. The fourth-order valence-electron chi connectivity index (χ4n) is 1.81. The Hall–Kier alpha value is -1.97. The molecule has 0 bridgehead atoms. The van der Waals surface area contributed by atoms with Gasteiger partial charge in [0.2, 0.25) is 0 Å². The zero-order chi connectivity index (χ0) is 13.0. The number of hydrogen-bond donors (Lipinski definition) is 0. The first-order valence-electron chi connectivity index (χ1n) is 5.85. The van der Waals surface area contributed by atoms with Crippen LogP contribution in [0.5, 0.6) is 0 Å². The van der Waals surface area contributed by atoms with E-state index in [1.165, 1.54) is 6.07 Å². The number of halogens is 2. The van der Waals surface area contributed by atoms with Gasteiger partial charge < -0.3 is 4.90 Å². The normalized spacial score (nSPS) is 10.4. The summed E-state index contributed by atoms with van der Waals surface area (Å²) in [7, 11) is 0. The summed E-state index contributed by atoms with van der Waals surface area (Å²) < 4.78 is 26.2. The highest BCUT2D eigenvalue weighted by atomic mass is 19.2. The molecule has 0 atom stereocenters. The summed E-state index contributed by atoms with van der Waals surface area (Å²) >= 11 is 0. The van der Waals surface area contributed by atoms with Crippen LogP contribution in [0.1, 0.15) is 13.3 Å². The van der Waals surface area contributed by atoms with Crippen molar-refractivity contribution in [3.63, 3.8) is 0 Å². The predicted molar refractivity (Wildman–Crippen MR) is 67.9 cm³/mol. The van der Waals surface area contributed by atoms with Crippen LogP contribution in [0.25, 0.3) is 0 Å². The minimum Gasteiger partial charge on any atom is -0.341 e. The summed E-state index contributed by atoms with van der Waals surface area (Å²) in [5.74, 6) is -1.66. The molecule has 0 aliphatic rings. The first-order valence-corrected chi connectivity index (χ1v) is 5.85. The predicted octanol–water partition coefficient (Wildman–Crippen LogP) is 3.91. The van der Waals surface area contributed by atoms with Crippen molar-refractivity contribution in [2.75, 3.05) is 11.4 Å². The molecule has 0 N–H and O–H groups in total. The highest BCUT2D eigenvalue weighted by molar-refractivity contribution is 5.62. The van der Waals surface area contributed by atoms with E-state index in [4.69, 9.17) is 0 Å². The van der Waals surface area contributed by atoms with Crippen LogP contribution >= 0.6 is 0 Å². The van der Waals surface area contributed by atoms with Gasteiger partial charge in [-0.05, 0) is 30.7 Å². The van der Waals surface area contributed by atoms with Gasteiger partial charge in [-0.2, -0.15) is 0 Å². The van der Waals surface area contributed by atoms with Gasteiger partial charge in [0.25, 0.3) is 0 Å². The van der Waals surface area contributed by atoms with Gasteiger partial charge in [0.15, 0.2) is 11.6 Å². The van der Waals surface area contributed by atoms with Crippen LogP contribution in [0.3, 0.4) is 0 Å². The van der Waals surface area contributed by atoms with E-state index in [1.807, 2.05) is 24.0 Å². The van der Waals surface area contributed by atoms with Gasteiger partial charge in [0, 0.05) is 36.4 Å². The molecule has 0 unspecified atom stereocenters. The minimum atomic E-state index is -0.831. The van der Waals surface area contributed by atoms with Crippen LogP contribution in [0, 0.1) is 11.6 Å². The fraction of sp³-hybridized carbons (Fsp3) is 0.214. The minimum absolute atomic E-state index is 0.641. The molecule has 2 aromatic rings. The van der Waals surface area contributed by atoms with Crippen molar-refractivity contribution in [3.8, 4) is 0 Å². The maximum Gasteiger partial charge on any atom is 0.160 e. The Balaban J connectivity index is 2.38. The number of anilines is 2. The quantitative estimate of drug-likeness (QED) is 0.815. The number of rotatable bonds is 4. The lowest BCUT2D eigenvalue weighted by molar-refractivity contribution is 0.508. The zero-order valence-electron chi connectivity index (χ0n) is 10.1. The summed E-state index contributed by atoms with van der Waals surface area (Å²) in [4.78, 5) is 5.89. The first-order chi connectivity index (χ1) is 8.72. The number of nitrogens with zero attached hydrogens (tertiary/aromatic N) is 2. The van der Waals surface area contributed by atoms with Crippen LogP contribution in [0.15, 0.2) is 42.7 Å². The van der Waals surface area contributed by atoms with E-state index in [9.17, 15) is 8.78 Å². The fourth-order valence-corrected chi connectivity index (χ4v) is 1.81. The van der Waals surface area contributed by atoms with Gasteiger partial charge >= 0.3 is 0 Å². The molecule has 0 fully saturated rings. The van der Waals surface area contributed by atoms with Crippen molar-refractivity contribution in [1.82, 2.24) is 4.98 Å². The average molecular weight is 248 g/mol. The van der Waals surface area contributed by atoms with Gasteiger partial charge in [-0.1, -0.05) is 6.92 Å². The standard InChI is InChI=1S/C14H14F2N2/c1-2-9-18(11-5-7-17-8-6-11)12-3-4-13(15)14(16)10-12/h3-8,10H,2,9H2,1H3. The molecule has 0 amide bonds. The van der Waals surface area contributed by atoms with Crippen molar-refractivity contribution in [2.45, 2.75) is 13.3 Å². The lowest BCUT2D eigenvalue weighted by Crippen LogP contribution is -2.18. The van der Waals surface area contributed by atoms with Crippen LogP contribution in [0.4, 0.5) is 20.2 Å². The summed E-state index contributed by atoms with van der Waals surface area (Å²) in [6.45, 7) is 2.77. The lowest BCUT2D eigenvalue weighted by atomic mass is 10.2. The SMILES string of the molecule is CCCN(c1ccncc1)c1ccc(F)c(F)c1. The van der Waals surface area contributed by atoms with E-state index < -0.39 is 11.6 Å². The number of hydrogen-bond acceptors (Lipinski definition) is 2. The molecular formula is C14H14F2N2. The average Bonchev–Trinajstić information content (AvgIpc) is 2.40. The molecule has 1 aromatic heterocycles. The van der Waals surface area contributed by atoms with Gasteiger partial charge in [-0.25, -0.2) is 8.78 Å². The topological polar surface area (TPSA) is 16.1 Å². The second-order valence-electron chi connectivity index (χ2n) is 3.96. The molecule has 1 heterocycles. The van der Waals surface area contributed by atoms with Gasteiger partial charge in [-0.3, -0.25) is 4.98 Å². The highest BCUT2D eigenvalue weighted by Crippen LogP contribution is 2.26. The molecular weight excluding hydrogens is 234 g/mol. The van der Waals surface area contributed by atoms with Crippen molar-refractivity contribution < 1.29 is 8.78 Å². The van der Waals surface area contributed by atoms with Crippen LogP contribution < -0.4 is 4.90 Å². The zero-order valence-corrected chi connectivity index (χ0v) is 10.1. The number of aromatic nitrogens is 1. The summed E-state index contributed by atoms with van der Waals surface area (Å²) in [6.07, 6.45) is 4.26. The third-order valence-corrected chi connectivity index (χ3v) is 2.64. The van der Waals surface area contributed by atoms with E-state index >= 15 is 0 Å². The Kier molecular flexibility index (Phi) is 3.87. The van der Waals surface area contributed by atoms with Crippen LogP contribution in [0.2, 0.25) is 0 Å². The Bertz CT molecular complexity index is 514. The van der Waals surface area contributed by atoms with Crippen molar-refractivity contribution in [1.29, 1.82) is 0 Å². The summed E-state index contributed by atoms with van der Waals surface area (Å²) in [5, 5.41) is 0. The van der Waals surface area contributed by atoms with Crippen molar-refractivity contribution in [3.05, 3.63) is 54.4 Å². The van der Waals surface area contributed by atoms with E-state index in [2.05, 4.69) is 4.98 Å². The highest BCUT2D eigenvalue weighted by Gasteiger charge is 2.10. The van der Waals surface area contributed by atoms with E-state index in [0.717, 1.165) is 24.7 Å². The molecule has 0 aliphatic heterocycles. The summed E-state index contributed by atoms with van der Waals surface area (Å²) in [5.41, 5.74) is 1.56. The third-order valence-electron chi connectivity index (χ3n) is 2.64. The van der Waals surface area contributed by atoms with Crippen LogP contribution in [-0.4, -0.2) is 11.5 Å². The maximum absolute atomic E-state index is 13.3. The molecule has 1 aromatic carbocycles. The molecule has 0 saturated heterocycles. The van der Waals surface area contributed by atoms with Gasteiger partial charge in [0.1, 0.15) is 0 Å². The Morgan fingerprint density at radius 3 is 2.33 bits per heavy atom. The largest absolute Gasteiger partial charge is 0.341 e. The molecule has 18 heavy (non-hydrogen) atoms. The summed E-state index contributed by atoms with van der Waals surface area (Å²) in [6, 6.07) is 7.63. The van der Waals surface area contributed by atoms with E-state index in [1.54, 1.807) is 18.5 Å². The second kappa shape index (κ2) is 5.58. The third kappa shape index (κ3) is 2.64. The maximum atomic E-state index is 13.3. The second-order valence-corrected chi connectivity index (χ2v) is 3.96. The van der Waals surface area contributed by atoms with Crippen LogP contribution in [-0.2, 0) is 0 Å². The Morgan fingerprint density at radius 1 is 1.00 bits per heavy atom. The number of pyridine rings is 1. The van der Waals surface area contributed by atoms with Crippen molar-refractivity contribution >= 4 is 11.4 Å². The molecule has 2 nitrogen and oxygen atoms in total. The van der Waals surface area contributed by atoms with Crippen molar-refractivity contribution in [2.24, 2.45) is 0 Å². The molecule has 0 aliphatic carbocycles. The monoisotopic (exact) mass is 248 g/mol. The molecule has 94 valence electrons. The smallest absolute Gasteiger partial charge is 0.160 e. The number of benzene rings is 1. The Labute approximate surface area is 105 Å². The molecule has 2 rings (SSSR count). The van der Waals surface area contributed by atoms with E-state index in [0.29, 0.717) is 5.69 Å². The lowest BCUT2D eigenvalue weighted by Gasteiger charge is -2.24. The van der Waals surface area contributed by atoms with Gasteiger partial charge in [-0.15, -0.1) is 0 Å². The Morgan fingerprint density at radius 2 is 1.72 bits per heavy atom. The molecule has 0 radical (unpaired) electrons.